The summed E-state index contributed by atoms with van der Waals surface area (Å²) in [6.07, 6.45) is 2.42. The summed E-state index contributed by atoms with van der Waals surface area (Å²) < 4.78 is 34.3. The Morgan fingerprint density at radius 1 is 1.19 bits per heavy atom. The van der Waals surface area contributed by atoms with E-state index in [1.807, 2.05) is 52.8 Å². The van der Waals surface area contributed by atoms with Crippen LogP contribution in [0, 0.1) is 12.8 Å². The van der Waals surface area contributed by atoms with Gasteiger partial charge in [-0.25, -0.2) is 17.2 Å². The van der Waals surface area contributed by atoms with Crippen LogP contribution >= 0.6 is 0 Å². The van der Waals surface area contributed by atoms with Gasteiger partial charge in [-0.3, -0.25) is 0 Å². The van der Waals surface area contributed by atoms with Crippen LogP contribution in [0.3, 0.4) is 0 Å². The highest BCUT2D eigenvalue weighted by molar-refractivity contribution is 7.90. The molecule has 7 nitrogen and oxygen atoms in total. The largest absolute Gasteiger partial charge is 0.444 e. The van der Waals surface area contributed by atoms with E-state index in [-0.39, 0.29) is 29.4 Å². The number of hydrogen-bond acceptors (Lipinski definition) is 5. The zero-order chi connectivity index (χ0) is 26.4. The summed E-state index contributed by atoms with van der Waals surface area (Å²) >= 11 is 0. The summed E-state index contributed by atoms with van der Waals surface area (Å²) in [5.74, 6) is -0.0708. The molecule has 1 aromatic heterocycles. The number of aliphatic hydroxyl groups is 1. The van der Waals surface area contributed by atoms with Crippen LogP contribution in [-0.2, 0) is 21.2 Å². The van der Waals surface area contributed by atoms with E-state index >= 15 is 0 Å². The zero-order valence-electron chi connectivity index (χ0n) is 21.9. The van der Waals surface area contributed by atoms with Gasteiger partial charge in [0, 0.05) is 37.2 Å². The molecule has 0 aliphatic heterocycles. The Morgan fingerprint density at radius 2 is 1.86 bits per heavy atom. The van der Waals surface area contributed by atoms with Crippen LogP contribution in [0.25, 0.3) is 10.9 Å². The monoisotopic (exact) mass is 512 g/mol. The van der Waals surface area contributed by atoms with Crippen molar-refractivity contribution in [2.45, 2.75) is 69.9 Å². The highest BCUT2D eigenvalue weighted by atomic mass is 32.2. The van der Waals surface area contributed by atoms with Crippen molar-refractivity contribution in [3.63, 3.8) is 0 Å². The van der Waals surface area contributed by atoms with Gasteiger partial charge in [0.1, 0.15) is 5.60 Å². The second-order valence-corrected chi connectivity index (χ2v) is 12.8. The van der Waals surface area contributed by atoms with E-state index in [1.54, 1.807) is 42.4 Å². The van der Waals surface area contributed by atoms with E-state index in [0.29, 0.717) is 18.4 Å². The lowest BCUT2D eigenvalue weighted by atomic mass is 9.75. The topological polar surface area (TPSA) is 88.8 Å². The molecule has 3 aromatic rings. The molecule has 3 atom stereocenters. The fourth-order valence-electron chi connectivity index (χ4n) is 5.10. The summed E-state index contributed by atoms with van der Waals surface area (Å²) in [6.45, 7) is 9.43. The second kappa shape index (κ2) is 9.56. The van der Waals surface area contributed by atoms with Gasteiger partial charge in [-0.05, 0) is 75.8 Å². The van der Waals surface area contributed by atoms with Crippen molar-refractivity contribution in [1.82, 2.24) is 8.87 Å². The number of aryl methyl sites for hydroxylation is 1. The number of ether oxygens (including phenoxy) is 1. The molecule has 1 unspecified atom stereocenters. The minimum Gasteiger partial charge on any atom is -0.444 e. The fraction of sp³-hybridized carbons (Fsp3) is 0.464. The molecule has 0 bridgehead atoms. The predicted octanol–water partition coefficient (Wildman–Crippen LogP) is 5.08. The Balaban J connectivity index is 1.84. The Kier molecular flexibility index (Phi) is 6.96. The average Bonchev–Trinajstić information content (AvgIpc) is 3.19. The van der Waals surface area contributed by atoms with Crippen LogP contribution in [0.5, 0.6) is 0 Å². The third kappa shape index (κ3) is 4.89. The lowest BCUT2D eigenvalue weighted by molar-refractivity contribution is 0.0184. The fourth-order valence-corrected chi connectivity index (χ4v) is 6.48. The standard InChI is InChI=1S/C28H36N2O5S/c1-18-10-12-21(13-11-18)36(33,34)30-16-20-15-25(29(6)27(32)35-28(3,4)5)23(14-19(2)17-31)22-8-7-9-24(30)26(20)22/h7-13,16,19,23,25,31H,14-15,17H2,1-6H3/t19?,23-,25+/m0/s1. The molecule has 8 heteroatoms. The molecule has 1 heterocycles. The Bertz CT molecular complexity index is 1370. The zero-order valence-corrected chi connectivity index (χ0v) is 22.7. The number of carbonyl (C=O) groups excluding carboxylic acids is 1. The molecule has 0 saturated carbocycles. The lowest BCUT2D eigenvalue weighted by Gasteiger charge is -2.39. The summed E-state index contributed by atoms with van der Waals surface area (Å²) in [5, 5.41) is 10.7. The first-order chi connectivity index (χ1) is 16.8. The van der Waals surface area contributed by atoms with Crippen molar-refractivity contribution >= 4 is 27.0 Å². The van der Waals surface area contributed by atoms with Crippen LogP contribution in [0.1, 0.15) is 56.7 Å². The van der Waals surface area contributed by atoms with Gasteiger partial charge in [-0.2, -0.15) is 0 Å². The van der Waals surface area contributed by atoms with Gasteiger partial charge in [-0.15, -0.1) is 0 Å². The van der Waals surface area contributed by atoms with Crippen molar-refractivity contribution in [2.24, 2.45) is 5.92 Å². The number of aliphatic hydroxyl groups excluding tert-OH is 1. The minimum atomic E-state index is -3.81. The summed E-state index contributed by atoms with van der Waals surface area (Å²) in [5.41, 5.74) is 2.85. The number of hydrogen-bond donors (Lipinski definition) is 1. The van der Waals surface area contributed by atoms with Crippen molar-refractivity contribution < 1.29 is 23.1 Å². The molecule has 2 aromatic carbocycles. The molecular weight excluding hydrogens is 476 g/mol. The normalized spacial score (nSPS) is 18.8. The first-order valence-electron chi connectivity index (χ1n) is 12.3. The molecule has 0 radical (unpaired) electrons. The van der Waals surface area contributed by atoms with Crippen LogP contribution in [0.4, 0.5) is 4.79 Å². The van der Waals surface area contributed by atoms with Crippen LogP contribution in [0.2, 0.25) is 0 Å². The second-order valence-electron chi connectivity index (χ2n) is 11.0. The first-order valence-corrected chi connectivity index (χ1v) is 13.8. The number of rotatable bonds is 6. The van der Waals surface area contributed by atoms with Crippen molar-refractivity contribution in [3.05, 3.63) is 65.4 Å². The van der Waals surface area contributed by atoms with Gasteiger partial charge in [0.2, 0.25) is 0 Å². The van der Waals surface area contributed by atoms with Gasteiger partial charge in [-0.1, -0.05) is 36.8 Å². The van der Waals surface area contributed by atoms with E-state index in [9.17, 15) is 18.3 Å². The molecule has 1 N–H and O–H groups in total. The molecule has 1 amide bonds. The molecule has 194 valence electrons. The highest BCUT2D eigenvalue weighted by Crippen LogP contribution is 2.43. The van der Waals surface area contributed by atoms with Crippen molar-refractivity contribution in [1.29, 1.82) is 0 Å². The molecule has 1 aliphatic carbocycles. The third-order valence-electron chi connectivity index (χ3n) is 6.92. The van der Waals surface area contributed by atoms with Crippen LogP contribution < -0.4 is 0 Å². The Morgan fingerprint density at radius 3 is 2.47 bits per heavy atom. The van der Waals surface area contributed by atoms with E-state index in [0.717, 1.165) is 22.1 Å². The number of nitrogens with zero attached hydrogens (tertiary/aromatic N) is 2. The lowest BCUT2D eigenvalue weighted by Crippen LogP contribution is -2.46. The Hall–Kier alpha value is -2.84. The summed E-state index contributed by atoms with van der Waals surface area (Å²) in [6, 6.07) is 12.3. The maximum atomic E-state index is 13.7. The predicted molar refractivity (Wildman–Crippen MR) is 141 cm³/mol. The summed E-state index contributed by atoms with van der Waals surface area (Å²) in [4.78, 5) is 14.9. The summed E-state index contributed by atoms with van der Waals surface area (Å²) in [7, 11) is -2.08. The van der Waals surface area contributed by atoms with Crippen LogP contribution in [-0.4, -0.2) is 53.8 Å². The van der Waals surface area contributed by atoms with E-state index in [4.69, 9.17) is 4.74 Å². The van der Waals surface area contributed by atoms with Crippen molar-refractivity contribution in [2.75, 3.05) is 13.7 Å². The van der Waals surface area contributed by atoms with Crippen LogP contribution in [0.15, 0.2) is 53.6 Å². The first kappa shape index (κ1) is 26.2. The molecule has 4 rings (SSSR count). The molecule has 0 fully saturated rings. The molecule has 1 aliphatic rings. The maximum Gasteiger partial charge on any atom is 0.410 e. The number of amides is 1. The smallest absolute Gasteiger partial charge is 0.410 e. The highest BCUT2D eigenvalue weighted by Gasteiger charge is 2.39. The minimum absolute atomic E-state index is 0.0136. The SMILES string of the molecule is Cc1ccc(S(=O)(=O)n2cc3c4c(cccc42)[C@H](CC(C)CO)[C@H](N(C)C(=O)OC(C)(C)C)C3)cc1. The number of likely N-dealkylation sites (N-methyl/N-ethyl adjacent to an activating group) is 1. The maximum absolute atomic E-state index is 13.7. The number of benzene rings is 2. The molecular formula is C28H36N2O5S. The average molecular weight is 513 g/mol. The number of aromatic nitrogens is 1. The van der Waals surface area contributed by atoms with Gasteiger partial charge in [0.25, 0.3) is 10.0 Å². The van der Waals surface area contributed by atoms with E-state index < -0.39 is 21.7 Å². The van der Waals surface area contributed by atoms with E-state index in [2.05, 4.69) is 0 Å². The van der Waals surface area contributed by atoms with Gasteiger partial charge in [0.05, 0.1) is 10.4 Å². The molecule has 0 spiro atoms. The van der Waals surface area contributed by atoms with Gasteiger partial charge >= 0.3 is 6.09 Å². The number of carbonyl (C=O) groups is 1. The Labute approximate surface area is 213 Å². The van der Waals surface area contributed by atoms with Gasteiger partial charge < -0.3 is 14.7 Å². The van der Waals surface area contributed by atoms with Crippen molar-refractivity contribution in [3.8, 4) is 0 Å². The molecule has 0 saturated heterocycles. The van der Waals surface area contributed by atoms with E-state index in [1.165, 1.54) is 3.97 Å². The molecule has 36 heavy (non-hydrogen) atoms. The quantitative estimate of drug-likeness (QED) is 0.498. The third-order valence-corrected chi connectivity index (χ3v) is 8.61. The van der Waals surface area contributed by atoms with Gasteiger partial charge in [0.15, 0.2) is 0 Å².